The number of piperazine rings is 1. The van der Waals surface area contributed by atoms with Crippen molar-refractivity contribution in [1.82, 2.24) is 10.6 Å². The molecule has 0 saturated carbocycles. The molecule has 103 valence electrons. The van der Waals surface area contributed by atoms with Crippen molar-refractivity contribution < 1.29 is 18.1 Å². The topological polar surface area (TPSA) is 69.3 Å². The number of nitro benzene ring substituents is 1. The van der Waals surface area contributed by atoms with Gasteiger partial charge in [0.1, 0.15) is 5.56 Å². The molecule has 1 fully saturated rings. The van der Waals surface area contributed by atoms with E-state index in [4.69, 9.17) is 0 Å². The molecule has 1 unspecified atom stereocenters. The fourth-order valence-electron chi connectivity index (χ4n) is 2.11. The molecule has 1 aliphatic heterocycles. The maximum atomic E-state index is 13.1. The van der Waals surface area contributed by atoms with E-state index in [9.17, 15) is 23.3 Å². The lowest BCUT2D eigenvalue weighted by molar-refractivity contribution is -0.388. The Kier molecular flexibility index (Phi) is 3.72. The zero-order valence-corrected chi connectivity index (χ0v) is 9.78. The Morgan fingerprint density at radius 2 is 2.16 bits per heavy atom. The molecular formula is C11H11F3N3O2. The Morgan fingerprint density at radius 3 is 2.68 bits per heavy atom. The minimum atomic E-state index is -4.77. The van der Waals surface area contributed by atoms with Gasteiger partial charge in [0.25, 0.3) is 5.69 Å². The van der Waals surface area contributed by atoms with Crippen LogP contribution < -0.4 is 10.6 Å². The van der Waals surface area contributed by atoms with Crippen molar-refractivity contribution in [3.8, 4) is 0 Å². The number of alkyl halides is 3. The van der Waals surface area contributed by atoms with Crippen LogP contribution in [-0.2, 0) is 6.18 Å². The number of hydrogen-bond donors (Lipinski definition) is 1. The Balaban J connectivity index is 2.53. The molecule has 19 heavy (non-hydrogen) atoms. The zero-order chi connectivity index (χ0) is 14.0. The first-order valence-corrected chi connectivity index (χ1v) is 5.63. The van der Waals surface area contributed by atoms with Crippen LogP contribution in [0.3, 0.4) is 0 Å². The molecule has 2 rings (SSSR count). The highest BCUT2D eigenvalue weighted by molar-refractivity contribution is 5.49. The van der Waals surface area contributed by atoms with Gasteiger partial charge in [-0.15, -0.1) is 0 Å². The fraction of sp³-hybridized carbons (Fsp3) is 0.455. The highest BCUT2D eigenvalue weighted by Crippen LogP contribution is 2.40. The largest absolute Gasteiger partial charge is 0.423 e. The van der Waals surface area contributed by atoms with E-state index in [1.165, 1.54) is 12.1 Å². The van der Waals surface area contributed by atoms with Crippen LogP contribution in [0.5, 0.6) is 0 Å². The van der Waals surface area contributed by atoms with E-state index in [0.29, 0.717) is 13.1 Å². The van der Waals surface area contributed by atoms with Gasteiger partial charge in [0.15, 0.2) is 0 Å². The van der Waals surface area contributed by atoms with Gasteiger partial charge in [-0.25, -0.2) is 5.32 Å². The van der Waals surface area contributed by atoms with Crippen LogP contribution in [0.25, 0.3) is 0 Å². The van der Waals surface area contributed by atoms with Crippen molar-refractivity contribution in [2.75, 3.05) is 19.6 Å². The number of nitro groups is 1. The van der Waals surface area contributed by atoms with E-state index in [0.717, 1.165) is 6.07 Å². The predicted molar refractivity (Wildman–Crippen MR) is 60.7 cm³/mol. The molecule has 1 aromatic carbocycles. The van der Waals surface area contributed by atoms with E-state index >= 15 is 0 Å². The SMILES string of the molecule is O=[N+]([O-])c1cccc(C2CNCC[N]2)c1C(F)(F)F. The predicted octanol–water partition coefficient (Wildman–Crippen LogP) is 1.86. The first-order chi connectivity index (χ1) is 8.91. The Labute approximate surface area is 106 Å². The van der Waals surface area contributed by atoms with E-state index in [-0.39, 0.29) is 12.1 Å². The van der Waals surface area contributed by atoms with Crippen LogP contribution in [0.2, 0.25) is 0 Å². The molecule has 0 spiro atoms. The molecule has 5 nitrogen and oxygen atoms in total. The molecule has 0 bridgehead atoms. The highest BCUT2D eigenvalue weighted by atomic mass is 19.4. The normalized spacial score (nSPS) is 20.3. The van der Waals surface area contributed by atoms with Crippen molar-refractivity contribution in [3.05, 3.63) is 39.4 Å². The zero-order valence-electron chi connectivity index (χ0n) is 9.78. The lowest BCUT2D eigenvalue weighted by atomic mass is 9.97. The number of hydrogen-bond acceptors (Lipinski definition) is 3. The first kappa shape index (κ1) is 13.8. The van der Waals surface area contributed by atoms with Gasteiger partial charge in [0, 0.05) is 25.7 Å². The second-order valence-corrected chi connectivity index (χ2v) is 4.12. The summed E-state index contributed by atoms with van der Waals surface area (Å²) >= 11 is 0. The average Bonchev–Trinajstić information content (AvgIpc) is 2.38. The molecule has 0 aromatic heterocycles. The summed E-state index contributed by atoms with van der Waals surface area (Å²) in [7, 11) is 0. The summed E-state index contributed by atoms with van der Waals surface area (Å²) in [6.45, 7) is 1.25. The molecule has 1 atom stereocenters. The maximum absolute atomic E-state index is 13.1. The van der Waals surface area contributed by atoms with E-state index in [2.05, 4.69) is 10.6 Å². The van der Waals surface area contributed by atoms with Crippen LogP contribution >= 0.6 is 0 Å². The van der Waals surface area contributed by atoms with Gasteiger partial charge < -0.3 is 5.32 Å². The van der Waals surface area contributed by atoms with Crippen molar-refractivity contribution >= 4 is 5.69 Å². The number of halogens is 3. The average molecular weight is 274 g/mol. The molecule has 8 heteroatoms. The van der Waals surface area contributed by atoms with Crippen molar-refractivity contribution in [1.29, 1.82) is 0 Å². The van der Waals surface area contributed by atoms with E-state index in [1.807, 2.05) is 0 Å². The Morgan fingerprint density at radius 1 is 1.42 bits per heavy atom. The summed E-state index contributed by atoms with van der Waals surface area (Å²) < 4.78 is 39.2. The van der Waals surface area contributed by atoms with Crippen molar-refractivity contribution in [2.24, 2.45) is 0 Å². The number of nitrogens with zero attached hydrogens (tertiary/aromatic N) is 2. The number of nitrogens with one attached hydrogen (secondary N) is 1. The second-order valence-electron chi connectivity index (χ2n) is 4.12. The van der Waals surface area contributed by atoms with Crippen LogP contribution in [0.1, 0.15) is 17.2 Å². The maximum Gasteiger partial charge on any atom is 0.423 e. The van der Waals surface area contributed by atoms with Gasteiger partial charge in [-0.05, 0) is 5.56 Å². The molecule has 0 amide bonds. The van der Waals surface area contributed by atoms with Gasteiger partial charge in [0.2, 0.25) is 0 Å². The van der Waals surface area contributed by atoms with E-state index in [1.54, 1.807) is 0 Å². The van der Waals surface area contributed by atoms with Crippen LogP contribution in [-0.4, -0.2) is 24.6 Å². The van der Waals surface area contributed by atoms with E-state index < -0.39 is 28.4 Å². The van der Waals surface area contributed by atoms with Gasteiger partial charge in [0.05, 0.1) is 11.0 Å². The summed E-state index contributed by atoms with van der Waals surface area (Å²) in [6.07, 6.45) is -4.77. The minimum absolute atomic E-state index is 0.145. The molecule has 1 N–H and O–H groups in total. The Hall–Kier alpha value is -1.67. The third-order valence-corrected chi connectivity index (χ3v) is 2.89. The summed E-state index contributed by atoms with van der Waals surface area (Å²) in [5, 5.41) is 17.8. The quantitative estimate of drug-likeness (QED) is 0.661. The number of benzene rings is 1. The highest BCUT2D eigenvalue weighted by Gasteiger charge is 2.42. The summed E-state index contributed by atoms with van der Waals surface area (Å²) in [6, 6.07) is 2.66. The van der Waals surface area contributed by atoms with Gasteiger partial charge in [-0.3, -0.25) is 10.1 Å². The molecule has 1 heterocycles. The number of rotatable bonds is 2. The van der Waals surface area contributed by atoms with Crippen LogP contribution in [0, 0.1) is 10.1 Å². The third kappa shape index (κ3) is 2.85. The monoisotopic (exact) mass is 274 g/mol. The standard InChI is InChI=1S/C11H11F3N3O2/c12-11(13,14)10-7(8-6-15-4-5-16-8)2-1-3-9(10)17(18)19/h1-3,8,15H,4-6H2. The molecule has 0 aliphatic carbocycles. The first-order valence-electron chi connectivity index (χ1n) is 5.63. The smallest absolute Gasteiger partial charge is 0.313 e. The summed E-state index contributed by atoms with van der Waals surface area (Å²) in [5.41, 5.74) is -2.27. The van der Waals surface area contributed by atoms with Crippen molar-refractivity contribution in [2.45, 2.75) is 12.2 Å². The molecule has 1 aromatic rings. The lowest BCUT2D eigenvalue weighted by Gasteiger charge is -2.25. The van der Waals surface area contributed by atoms with Gasteiger partial charge in [-0.1, -0.05) is 12.1 Å². The molecular weight excluding hydrogens is 263 g/mol. The molecule has 1 aliphatic rings. The Bertz CT molecular complexity index is 485. The second kappa shape index (κ2) is 5.14. The van der Waals surface area contributed by atoms with Crippen LogP contribution in [0.4, 0.5) is 18.9 Å². The van der Waals surface area contributed by atoms with Crippen LogP contribution in [0.15, 0.2) is 18.2 Å². The lowest BCUT2D eigenvalue weighted by Crippen LogP contribution is -2.39. The summed E-state index contributed by atoms with van der Waals surface area (Å²) in [4.78, 5) is 9.75. The molecule has 1 radical (unpaired) electrons. The summed E-state index contributed by atoms with van der Waals surface area (Å²) in [5.74, 6) is 0. The van der Waals surface area contributed by atoms with Gasteiger partial charge >= 0.3 is 6.18 Å². The third-order valence-electron chi connectivity index (χ3n) is 2.89. The van der Waals surface area contributed by atoms with Crippen molar-refractivity contribution in [3.63, 3.8) is 0 Å². The fourth-order valence-corrected chi connectivity index (χ4v) is 2.11. The minimum Gasteiger partial charge on any atom is -0.313 e. The van der Waals surface area contributed by atoms with Gasteiger partial charge in [-0.2, -0.15) is 13.2 Å². The molecule has 1 saturated heterocycles.